The van der Waals surface area contributed by atoms with E-state index in [2.05, 4.69) is 0 Å². The minimum atomic E-state index is -0.247. The largest absolute Gasteiger partial charge is 0.464 e. The van der Waals surface area contributed by atoms with Crippen LogP contribution in [0.15, 0.2) is 54.6 Å². The Hall–Kier alpha value is -2.13. The lowest BCUT2D eigenvalue weighted by molar-refractivity contribution is -0.106. The monoisotopic (exact) mass is 282 g/mol. The molecule has 1 aliphatic rings. The zero-order valence-corrected chi connectivity index (χ0v) is 11.8. The molecule has 3 heteroatoms. The third-order valence-electron chi connectivity index (χ3n) is 3.56. The average molecular weight is 282 g/mol. The number of rotatable bonds is 4. The van der Waals surface area contributed by atoms with E-state index in [1.165, 1.54) is 0 Å². The summed E-state index contributed by atoms with van der Waals surface area (Å²) >= 11 is 0. The summed E-state index contributed by atoms with van der Waals surface area (Å²) in [5.41, 5.74) is 1.25. The summed E-state index contributed by atoms with van der Waals surface area (Å²) in [5.74, 6) is 0.570. The van der Waals surface area contributed by atoms with Gasteiger partial charge in [-0.25, -0.2) is 0 Å². The van der Waals surface area contributed by atoms with Crippen molar-refractivity contribution in [3.05, 3.63) is 65.7 Å². The van der Waals surface area contributed by atoms with Crippen LogP contribution in [0.3, 0.4) is 0 Å². The van der Waals surface area contributed by atoms with Crippen LogP contribution >= 0.6 is 0 Å². The third-order valence-corrected chi connectivity index (χ3v) is 3.56. The summed E-state index contributed by atoms with van der Waals surface area (Å²) < 4.78 is 11.5. The fraction of sp³-hybridized carbons (Fsp3) is 0.278. The minimum Gasteiger partial charge on any atom is -0.464 e. The Bertz CT molecular complexity index is 601. The summed E-state index contributed by atoms with van der Waals surface area (Å²) in [6.07, 6.45) is 2.79. The van der Waals surface area contributed by atoms with Crippen LogP contribution < -0.4 is 4.74 Å². The number of carbonyl (C=O) groups excluding carboxylic acids is 1. The Balaban J connectivity index is 1.83. The van der Waals surface area contributed by atoms with Gasteiger partial charge in [0.1, 0.15) is 5.75 Å². The third kappa shape index (κ3) is 3.31. The number of hydrogen-bond donors (Lipinski definition) is 0. The van der Waals surface area contributed by atoms with Gasteiger partial charge >= 0.3 is 0 Å². The molecule has 1 heterocycles. The predicted octanol–water partition coefficient (Wildman–Crippen LogP) is 3.82. The van der Waals surface area contributed by atoms with Gasteiger partial charge in [0.2, 0.25) is 0 Å². The van der Waals surface area contributed by atoms with Crippen molar-refractivity contribution >= 4 is 5.78 Å². The van der Waals surface area contributed by atoms with Gasteiger partial charge in [0.05, 0.1) is 12.2 Å². The van der Waals surface area contributed by atoms with Crippen LogP contribution in [-0.4, -0.2) is 18.7 Å². The number of carbonyl (C=O) groups is 1. The van der Waals surface area contributed by atoms with Gasteiger partial charge in [-0.2, -0.15) is 0 Å². The zero-order chi connectivity index (χ0) is 14.5. The standard InChI is InChI=1S/C18H18O3/c19-18(14-8-2-1-3-9-14)15-10-4-5-11-16(15)21-17-12-6-7-13-20-17/h1-5,8-11,17H,6-7,12-13H2. The van der Waals surface area contributed by atoms with Crippen molar-refractivity contribution in [3.63, 3.8) is 0 Å². The highest BCUT2D eigenvalue weighted by molar-refractivity contribution is 6.10. The van der Waals surface area contributed by atoms with Gasteiger partial charge in [-0.1, -0.05) is 42.5 Å². The van der Waals surface area contributed by atoms with E-state index in [1.54, 1.807) is 6.07 Å². The van der Waals surface area contributed by atoms with Crippen LogP contribution in [0.1, 0.15) is 35.2 Å². The van der Waals surface area contributed by atoms with Crippen molar-refractivity contribution in [1.29, 1.82) is 0 Å². The van der Waals surface area contributed by atoms with Crippen molar-refractivity contribution in [1.82, 2.24) is 0 Å². The molecule has 0 saturated carbocycles. The Morgan fingerprint density at radius 2 is 1.76 bits per heavy atom. The molecule has 108 valence electrons. The highest BCUT2D eigenvalue weighted by atomic mass is 16.7. The number of benzene rings is 2. The van der Waals surface area contributed by atoms with Crippen LogP contribution in [0, 0.1) is 0 Å². The van der Waals surface area contributed by atoms with Gasteiger partial charge in [0, 0.05) is 12.0 Å². The topological polar surface area (TPSA) is 35.5 Å². The average Bonchev–Trinajstić information content (AvgIpc) is 2.56. The van der Waals surface area contributed by atoms with Gasteiger partial charge in [-0.3, -0.25) is 4.79 Å². The van der Waals surface area contributed by atoms with E-state index in [0.717, 1.165) is 25.9 Å². The molecule has 1 unspecified atom stereocenters. The molecular formula is C18H18O3. The summed E-state index contributed by atoms with van der Waals surface area (Å²) in [6, 6.07) is 16.6. The van der Waals surface area contributed by atoms with Crippen molar-refractivity contribution in [2.45, 2.75) is 25.6 Å². The van der Waals surface area contributed by atoms with Gasteiger partial charge < -0.3 is 9.47 Å². The molecule has 21 heavy (non-hydrogen) atoms. The molecule has 1 atom stereocenters. The SMILES string of the molecule is O=C(c1ccccc1)c1ccccc1OC1CCCCO1. The van der Waals surface area contributed by atoms with Crippen LogP contribution in [0.2, 0.25) is 0 Å². The molecule has 0 bridgehead atoms. The summed E-state index contributed by atoms with van der Waals surface area (Å²) in [7, 11) is 0. The first-order chi connectivity index (χ1) is 10.3. The van der Waals surface area contributed by atoms with E-state index in [9.17, 15) is 4.79 Å². The molecule has 2 aromatic rings. The van der Waals surface area contributed by atoms with E-state index < -0.39 is 0 Å². The van der Waals surface area contributed by atoms with E-state index >= 15 is 0 Å². The second kappa shape index (κ2) is 6.55. The molecule has 0 radical (unpaired) electrons. The Morgan fingerprint density at radius 1 is 1.00 bits per heavy atom. The molecule has 1 saturated heterocycles. The van der Waals surface area contributed by atoms with Gasteiger partial charge in [0.25, 0.3) is 0 Å². The molecule has 1 fully saturated rings. The van der Waals surface area contributed by atoms with Crippen LogP contribution in [0.5, 0.6) is 5.75 Å². The normalized spacial score (nSPS) is 18.2. The Kier molecular flexibility index (Phi) is 4.31. The molecule has 2 aromatic carbocycles. The summed E-state index contributed by atoms with van der Waals surface area (Å²) in [6.45, 7) is 0.722. The van der Waals surface area contributed by atoms with Crippen molar-refractivity contribution in [2.24, 2.45) is 0 Å². The fourth-order valence-corrected chi connectivity index (χ4v) is 2.45. The van der Waals surface area contributed by atoms with E-state index in [4.69, 9.17) is 9.47 Å². The smallest absolute Gasteiger partial charge is 0.199 e. The molecule has 0 N–H and O–H groups in total. The lowest BCUT2D eigenvalue weighted by Gasteiger charge is -2.24. The van der Waals surface area contributed by atoms with E-state index in [-0.39, 0.29) is 12.1 Å². The first-order valence-electron chi connectivity index (χ1n) is 7.31. The summed E-state index contributed by atoms with van der Waals surface area (Å²) in [4.78, 5) is 12.6. The van der Waals surface area contributed by atoms with E-state index in [0.29, 0.717) is 16.9 Å². The van der Waals surface area contributed by atoms with E-state index in [1.807, 2.05) is 48.5 Å². The van der Waals surface area contributed by atoms with Crippen LogP contribution in [-0.2, 0) is 4.74 Å². The van der Waals surface area contributed by atoms with Crippen molar-refractivity contribution < 1.29 is 14.3 Å². The Morgan fingerprint density at radius 3 is 2.52 bits per heavy atom. The highest BCUT2D eigenvalue weighted by Crippen LogP contribution is 2.25. The molecule has 3 nitrogen and oxygen atoms in total. The predicted molar refractivity (Wildman–Crippen MR) is 80.5 cm³/mol. The van der Waals surface area contributed by atoms with Gasteiger partial charge in [0.15, 0.2) is 12.1 Å². The zero-order valence-electron chi connectivity index (χ0n) is 11.8. The first-order valence-corrected chi connectivity index (χ1v) is 7.31. The van der Waals surface area contributed by atoms with Crippen molar-refractivity contribution in [3.8, 4) is 5.75 Å². The number of para-hydroxylation sites is 1. The molecular weight excluding hydrogens is 264 g/mol. The van der Waals surface area contributed by atoms with Crippen LogP contribution in [0.25, 0.3) is 0 Å². The molecule has 1 aliphatic heterocycles. The number of ketones is 1. The number of hydrogen-bond acceptors (Lipinski definition) is 3. The minimum absolute atomic E-state index is 0.0259. The highest BCUT2D eigenvalue weighted by Gasteiger charge is 2.19. The second-order valence-corrected chi connectivity index (χ2v) is 5.11. The number of ether oxygens (including phenoxy) is 2. The maximum Gasteiger partial charge on any atom is 0.199 e. The summed E-state index contributed by atoms with van der Waals surface area (Å²) in [5, 5.41) is 0. The quantitative estimate of drug-likeness (QED) is 0.800. The fourth-order valence-electron chi connectivity index (χ4n) is 2.45. The van der Waals surface area contributed by atoms with Gasteiger partial charge in [-0.15, -0.1) is 0 Å². The molecule has 0 amide bonds. The molecule has 0 aromatic heterocycles. The molecule has 3 rings (SSSR count). The second-order valence-electron chi connectivity index (χ2n) is 5.11. The lowest BCUT2D eigenvalue weighted by Crippen LogP contribution is -2.25. The molecule has 0 aliphatic carbocycles. The molecule has 0 spiro atoms. The van der Waals surface area contributed by atoms with Gasteiger partial charge in [-0.05, 0) is 25.0 Å². The first kappa shape index (κ1) is 13.8. The maximum absolute atomic E-state index is 12.6. The Labute approximate surface area is 124 Å². The van der Waals surface area contributed by atoms with Crippen LogP contribution in [0.4, 0.5) is 0 Å². The lowest BCUT2D eigenvalue weighted by atomic mass is 10.0. The maximum atomic E-state index is 12.6. The van der Waals surface area contributed by atoms with Crippen molar-refractivity contribution in [2.75, 3.05) is 6.61 Å².